The van der Waals surface area contributed by atoms with Crippen molar-refractivity contribution in [2.24, 2.45) is 0 Å². The molecule has 0 spiro atoms. The molecule has 0 N–H and O–H groups in total. The van der Waals surface area contributed by atoms with Crippen LogP contribution in [0.2, 0.25) is 5.15 Å². The summed E-state index contributed by atoms with van der Waals surface area (Å²) in [5, 5.41) is 0.279. The first-order valence-electron chi connectivity index (χ1n) is 13.3. The molecule has 4 amide bonds. The third-order valence-corrected chi connectivity index (χ3v) is 7.03. The van der Waals surface area contributed by atoms with Gasteiger partial charge >= 0.3 is 0 Å². The number of rotatable bonds is 5. The monoisotopic (exact) mass is 604 g/mol. The maximum absolute atomic E-state index is 12.4. The Bertz CT molecular complexity index is 1880. The van der Waals surface area contributed by atoms with Gasteiger partial charge in [-0.2, -0.15) is 0 Å². The minimum absolute atomic E-state index is 0.0771. The Morgan fingerprint density at radius 3 is 1.48 bits per heavy atom. The standard InChI is InChI=1S/C18H13N5O2.C13H8ClN3O2/c1-11-7-19-16(20-8-11)15-6-12(21-10-22-15)9-23-17(24)13-4-2-3-5-14(13)18(23)25;14-11-5-8(15-7-16-11)6-17-12(18)9-3-1-2-4-10(9)13(17)19/h2-8,10H,9H2,1H3;1-5,7H,6H2. The van der Waals surface area contributed by atoms with E-state index in [1.54, 1.807) is 67.0 Å². The summed E-state index contributed by atoms with van der Waals surface area (Å²) in [4.78, 5) is 76.0. The molecule has 13 heteroatoms. The highest BCUT2D eigenvalue weighted by atomic mass is 35.5. The Kier molecular flexibility index (Phi) is 7.65. The predicted molar refractivity (Wildman–Crippen MR) is 156 cm³/mol. The Labute approximate surface area is 255 Å². The Morgan fingerprint density at radius 1 is 0.591 bits per heavy atom. The van der Waals surface area contributed by atoms with Gasteiger partial charge in [-0.05, 0) is 48.9 Å². The van der Waals surface area contributed by atoms with Crippen LogP contribution in [0.4, 0.5) is 0 Å². The second kappa shape index (κ2) is 11.9. The lowest BCUT2D eigenvalue weighted by Crippen LogP contribution is -2.29. The van der Waals surface area contributed by atoms with E-state index in [1.165, 1.54) is 23.6 Å². The van der Waals surface area contributed by atoms with Gasteiger partial charge in [0.2, 0.25) is 0 Å². The van der Waals surface area contributed by atoms with Gasteiger partial charge in [0.15, 0.2) is 5.82 Å². The predicted octanol–water partition coefficient (Wildman–Crippen LogP) is 3.96. The van der Waals surface area contributed by atoms with Crippen molar-refractivity contribution in [3.05, 3.63) is 130 Å². The van der Waals surface area contributed by atoms with E-state index in [1.807, 2.05) is 6.92 Å². The molecular formula is C31H21ClN8O4. The van der Waals surface area contributed by atoms with E-state index in [0.717, 1.165) is 10.5 Å². The smallest absolute Gasteiger partial charge is 0.261 e. The van der Waals surface area contributed by atoms with E-state index in [2.05, 4.69) is 29.9 Å². The summed E-state index contributed by atoms with van der Waals surface area (Å²) in [5.41, 5.74) is 4.25. The molecule has 5 aromatic rings. The molecule has 0 fully saturated rings. The fourth-order valence-electron chi connectivity index (χ4n) is 4.68. The molecule has 0 unspecified atom stereocenters. The lowest BCUT2D eigenvalue weighted by molar-refractivity contribution is 0.0625. The molecule has 2 aliphatic rings. The van der Waals surface area contributed by atoms with Gasteiger partial charge in [0.25, 0.3) is 23.6 Å². The fraction of sp³-hybridized carbons (Fsp3) is 0.0968. The number of halogens is 1. The van der Waals surface area contributed by atoms with Crippen LogP contribution < -0.4 is 0 Å². The molecule has 2 aliphatic heterocycles. The number of carbonyl (C=O) groups excluding carboxylic acids is 4. The van der Waals surface area contributed by atoms with Crippen LogP contribution in [-0.2, 0) is 13.1 Å². The SMILES string of the molecule is Cc1cnc(-c2cc(CN3C(=O)c4ccccc4C3=O)ncn2)nc1.O=C1c2ccccc2C(=O)N1Cc1cc(Cl)ncn1. The molecule has 44 heavy (non-hydrogen) atoms. The van der Waals surface area contributed by atoms with Crippen molar-refractivity contribution in [2.45, 2.75) is 20.0 Å². The van der Waals surface area contributed by atoms with Crippen molar-refractivity contribution in [1.29, 1.82) is 0 Å². The molecule has 0 saturated heterocycles. The van der Waals surface area contributed by atoms with Crippen molar-refractivity contribution < 1.29 is 19.2 Å². The van der Waals surface area contributed by atoms with E-state index in [0.29, 0.717) is 45.2 Å². The van der Waals surface area contributed by atoms with Crippen LogP contribution in [0.15, 0.2) is 85.7 Å². The average Bonchev–Trinajstić information content (AvgIpc) is 3.42. The molecule has 216 valence electrons. The number of aryl methyl sites for hydroxylation is 1. The molecule has 0 bridgehead atoms. The molecule has 3 aromatic heterocycles. The third-order valence-electron chi connectivity index (χ3n) is 6.82. The first-order valence-corrected chi connectivity index (χ1v) is 13.6. The van der Waals surface area contributed by atoms with Crippen molar-refractivity contribution >= 4 is 35.2 Å². The van der Waals surface area contributed by atoms with Gasteiger partial charge in [-0.15, -0.1) is 0 Å². The Morgan fingerprint density at radius 2 is 1.02 bits per heavy atom. The maximum atomic E-state index is 12.4. The van der Waals surface area contributed by atoms with Crippen LogP contribution in [0.5, 0.6) is 0 Å². The van der Waals surface area contributed by atoms with E-state index in [9.17, 15) is 19.2 Å². The van der Waals surface area contributed by atoms with E-state index in [-0.39, 0.29) is 41.9 Å². The first-order chi connectivity index (χ1) is 21.3. The number of aromatic nitrogens is 6. The summed E-state index contributed by atoms with van der Waals surface area (Å²) < 4.78 is 0. The number of nitrogens with zero attached hydrogens (tertiary/aromatic N) is 8. The van der Waals surface area contributed by atoms with Crippen LogP contribution in [0.1, 0.15) is 58.4 Å². The fourth-order valence-corrected chi connectivity index (χ4v) is 4.85. The molecular weight excluding hydrogens is 584 g/mol. The van der Waals surface area contributed by atoms with E-state index < -0.39 is 0 Å². The number of hydrogen-bond donors (Lipinski definition) is 0. The molecule has 0 saturated carbocycles. The summed E-state index contributed by atoms with van der Waals surface area (Å²) in [6.45, 7) is 2.07. The van der Waals surface area contributed by atoms with Gasteiger partial charge in [0, 0.05) is 12.4 Å². The van der Waals surface area contributed by atoms with E-state index >= 15 is 0 Å². The number of hydrogen-bond acceptors (Lipinski definition) is 10. The van der Waals surface area contributed by atoms with Crippen LogP contribution in [0, 0.1) is 6.92 Å². The lowest BCUT2D eigenvalue weighted by Gasteiger charge is -2.13. The normalized spacial score (nSPS) is 13.5. The molecule has 5 heterocycles. The van der Waals surface area contributed by atoms with Gasteiger partial charge in [-0.25, -0.2) is 29.9 Å². The highest BCUT2D eigenvalue weighted by Gasteiger charge is 2.36. The summed E-state index contributed by atoms with van der Waals surface area (Å²) >= 11 is 5.75. The number of amides is 4. The van der Waals surface area contributed by atoms with Gasteiger partial charge < -0.3 is 0 Å². The highest BCUT2D eigenvalue weighted by Crippen LogP contribution is 2.25. The number of imide groups is 2. The topological polar surface area (TPSA) is 152 Å². The number of carbonyl (C=O) groups is 4. The number of benzene rings is 2. The van der Waals surface area contributed by atoms with Crippen molar-refractivity contribution in [3.63, 3.8) is 0 Å². The van der Waals surface area contributed by atoms with Gasteiger partial charge in [0.05, 0.1) is 46.7 Å². The quantitative estimate of drug-likeness (QED) is 0.213. The summed E-state index contributed by atoms with van der Waals surface area (Å²) in [7, 11) is 0. The maximum Gasteiger partial charge on any atom is 0.261 e. The molecule has 0 aliphatic carbocycles. The second-order valence-corrected chi connectivity index (χ2v) is 10.2. The highest BCUT2D eigenvalue weighted by molar-refractivity contribution is 6.29. The molecule has 12 nitrogen and oxygen atoms in total. The molecule has 7 rings (SSSR count). The zero-order valence-corrected chi connectivity index (χ0v) is 23.8. The third kappa shape index (κ3) is 5.53. The summed E-state index contributed by atoms with van der Waals surface area (Å²) in [6, 6.07) is 16.8. The van der Waals surface area contributed by atoms with Gasteiger partial charge in [-0.1, -0.05) is 35.9 Å². The summed E-state index contributed by atoms with van der Waals surface area (Å²) in [6.07, 6.45) is 6.09. The minimum atomic E-state index is -0.313. The van der Waals surface area contributed by atoms with Gasteiger partial charge in [-0.3, -0.25) is 29.0 Å². The van der Waals surface area contributed by atoms with Crippen LogP contribution in [0.25, 0.3) is 11.5 Å². The Hall–Kier alpha value is -5.75. The van der Waals surface area contributed by atoms with Crippen LogP contribution >= 0.6 is 11.6 Å². The zero-order chi connectivity index (χ0) is 30.8. The number of fused-ring (bicyclic) bond motifs is 2. The largest absolute Gasteiger partial charge is 0.269 e. The molecule has 0 atom stereocenters. The summed E-state index contributed by atoms with van der Waals surface area (Å²) in [5.74, 6) is -0.776. The van der Waals surface area contributed by atoms with Crippen molar-refractivity contribution in [3.8, 4) is 11.5 Å². The van der Waals surface area contributed by atoms with Crippen LogP contribution in [-0.4, -0.2) is 63.3 Å². The van der Waals surface area contributed by atoms with Gasteiger partial charge in [0.1, 0.15) is 23.5 Å². The second-order valence-electron chi connectivity index (χ2n) is 9.79. The van der Waals surface area contributed by atoms with Crippen molar-refractivity contribution in [1.82, 2.24) is 39.7 Å². The molecule has 0 radical (unpaired) electrons. The van der Waals surface area contributed by atoms with Crippen molar-refractivity contribution in [2.75, 3.05) is 0 Å². The molecule has 2 aromatic carbocycles. The minimum Gasteiger partial charge on any atom is -0.269 e. The van der Waals surface area contributed by atoms with Crippen LogP contribution in [0.3, 0.4) is 0 Å². The Balaban J connectivity index is 0.000000162. The zero-order valence-electron chi connectivity index (χ0n) is 23.1. The lowest BCUT2D eigenvalue weighted by atomic mass is 10.1. The van der Waals surface area contributed by atoms with E-state index in [4.69, 9.17) is 11.6 Å². The average molecular weight is 605 g/mol. The first kappa shape index (κ1) is 28.4.